The van der Waals surface area contributed by atoms with Crippen molar-refractivity contribution in [3.05, 3.63) is 35.1 Å². The first-order chi connectivity index (χ1) is 11.8. The summed E-state index contributed by atoms with van der Waals surface area (Å²) in [5.74, 6) is -2.78. The third-order valence-corrected chi connectivity index (χ3v) is 4.93. The maximum Gasteiger partial charge on any atom is 0.466 e. The highest BCUT2D eigenvalue weighted by Gasteiger charge is 2.55. The number of ether oxygens (including phenoxy) is 1. The van der Waals surface area contributed by atoms with Gasteiger partial charge in [0.05, 0.1) is 30.3 Å². The Labute approximate surface area is 149 Å². The van der Waals surface area contributed by atoms with Crippen molar-refractivity contribution in [1.29, 1.82) is 0 Å². The minimum Gasteiger partial charge on any atom is -0.469 e. The lowest BCUT2D eigenvalue weighted by atomic mass is 9.65. The van der Waals surface area contributed by atoms with Crippen LogP contribution >= 0.6 is 0 Å². The number of benzene rings is 1. The predicted molar refractivity (Wildman–Crippen MR) is 86.9 cm³/mol. The van der Waals surface area contributed by atoms with E-state index in [-0.39, 0.29) is 0 Å². The smallest absolute Gasteiger partial charge is 0.466 e. The third-order valence-electron chi connectivity index (χ3n) is 4.93. The molecule has 0 aliphatic carbocycles. The Balaban J connectivity index is 2.54. The van der Waals surface area contributed by atoms with E-state index in [0.29, 0.717) is 6.07 Å². The van der Waals surface area contributed by atoms with Gasteiger partial charge in [-0.05, 0) is 51.5 Å². The van der Waals surface area contributed by atoms with Crippen molar-refractivity contribution in [3.63, 3.8) is 0 Å². The summed E-state index contributed by atoms with van der Waals surface area (Å²) in [6.07, 6.45) is -5.17. The number of rotatable bonds is 4. The van der Waals surface area contributed by atoms with E-state index in [1.165, 1.54) is 0 Å². The lowest BCUT2D eigenvalue weighted by Gasteiger charge is -2.32. The van der Waals surface area contributed by atoms with Gasteiger partial charge in [0.2, 0.25) is 0 Å². The molecule has 1 heterocycles. The summed E-state index contributed by atoms with van der Waals surface area (Å²) in [4.78, 5) is 11.8. The van der Waals surface area contributed by atoms with Gasteiger partial charge >= 0.3 is 19.3 Å². The summed E-state index contributed by atoms with van der Waals surface area (Å²) in [5.41, 5.74) is -3.08. The van der Waals surface area contributed by atoms with Crippen LogP contribution in [0, 0.1) is 5.82 Å². The van der Waals surface area contributed by atoms with Crippen LogP contribution in [-0.4, -0.2) is 31.4 Å². The van der Waals surface area contributed by atoms with Crippen LogP contribution in [0.25, 0.3) is 0 Å². The maximum absolute atomic E-state index is 13.7. The van der Waals surface area contributed by atoms with Crippen molar-refractivity contribution in [2.45, 2.75) is 57.3 Å². The van der Waals surface area contributed by atoms with Gasteiger partial charge in [-0.25, -0.2) is 4.39 Å². The number of halogens is 4. The van der Waals surface area contributed by atoms with Crippen LogP contribution in [0.1, 0.15) is 51.1 Å². The molecule has 26 heavy (non-hydrogen) atoms. The molecule has 9 heteroatoms. The number of carbonyl (C=O) groups is 1. The first-order valence-electron chi connectivity index (χ1n) is 8.07. The van der Waals surface area contributed by atoms with E-state index < -0.39 is 59.6 Å². The highest BCUT2D eigenvalue weighted by atomic mass is 19.4. The topological polar surface area (TPSA) is 44.8 Å². The second kappa shape index (κ2) is 6.85. The standard InChI is InChI=1S/C17H21BF4O4/c1-15(2)16(3,4)26-18(25-15)13(9-14(23)24-5)11-8-10(19)6-7-12(11)17(20,21)22/h6-8,13H,9H2,1-5H3. The Morgan fingerprint density at radius 3 is 2.19 bits per heavy atom. The fourth-order valence-electron chi connectivity index (χ4n) is 2.77. The molecule has 144 valence electrons. The fourth-order valence-corrected chi connectivity index (χ4v) is 2.77. The Hall–Kier alpha value is -1.61. The summed E-state index contributed by atoms with van der Waals surface area (Å²) in [6.45, 7) is 6.94. The SMILES string of the molecule is COC(=O)CC(B1OC(C)(C)C(C)(C)O1)c1cc(F)ccc1C(F)(F)F. The molecule has 0 amide bonds. The minimum absolute atomic E-state index is 0.401. The molecule has 1 saturated heterocycles. The molecule has 4 nitrogen and oxygen atoms in total. The number of esters is 1. The summed E-state index contributed by atoms with van der Waals surface area (Å²) < 4.78 is 70.3. The van der Waals surface area contributed by atoms with Crippen LogP contribution in [0.15, 0.2) is 18.2 Å². The number of hydrogen-bond donors (Lipinski definition) is 0. The van der Waals surface area contributed by atoms with Crippen LogP contribution in [0.3, 0.4) is 0 Å². The van der Waals surface area contributed by atoms with E-state index >= 15 is 0 Å². The molecule has 0 saturated carbocycles. The summed E-state index contributed by atoms with van der Waals surface area (Å²) in [5, 5.41) is 0. The zero-order valence-corrected chi connectivity index (χ0v) is 15.2. The van der Waals surface area contributed by atoms with Gasteiger partial charge in [-0.15, -0.1) is 0 Å². The van der Waals surface area contributed by atoms with E-state index in [0.717, 1.165) is 19.2 Å². The number of alkyl halides is 3. The molecule has 1 aliphatic heterocycles. The van der Waals surface area contributed by atoms with Gasteiger partial charge in [-0.3, -0.25) is 4.79 Å². The number of carbonyl (C=O) groups excluding carboxylic acids is 1. The highest BCUT2D eigenvalue weighted by Crippen LogP contribution is 2.44. The van der Waals surface area contributed by atoms with Crippen LogP contribution in [0.4, 0.5) is 17.6 Å². The van der Waals surface area contributed by atoms with E-state index in [4.69, 9.17) is 9.31 Å². The van der Waals surface area contributed by atoms with E-state index in [9.17, 15) is 22.4 Å². The molecular weight excluding hydrogens is 355 g/mol. The van der Waals surface area contributed by atoms with Crippen LogP contribution in [0.2, 0.25) is 0 Å². The van der Waals surface area contributed by atoms with Crippen molar-refractivity contribution in [1.82, 2.24) is 0 Å². The van der Waals surface area contributed by atoms with Gasteiger partial charge < -0.3 is 14.0 Å². The zero-order chi connectivity index (χ0) is 19.9. The molecule has 1 aromatic rings. The second-order valence-electron chi connectivity index (χ2n) is 7.24. The fraction of sp³-hybridized carbons (Fsp3) is 0.588. The maximum atomic E-state index is 13.7. The van der Waals surface area contributed by atoms with Crippen LogP contribution < -0.4 is 0 Å². The average molecular weight is 376 g/mol. The Kier molecular flexibility index (Phi) is 5.45. The molecular formula is C17H21BF4O4. The molecule has 2 rings (SSSR count). The van der Waals surface area contributed by atoms with Crippen molar-refractivity contribution < 1.29 is 36.4 Å². The largest absolute Gasteiger partial charge is 0.469 e. The zero-order valence-electron chi connectivity index (χ0n) is 15.2. The average Bonchev–Trinajstić information content (AvgIpc) is 2.71. The monoisotopic (exact) mass is 376 g/mol. The van der Waals surface area contributed by atoms with E-state index in [1.54, 1.807) is 27.7 Å². The van der Waals surface area contributed by atoms with Gasteiger partial charge in [0, 0.05) is 5.82 Å². The molecule has 1 fully saturated rings. The van der Waals surface area contributed by atoms with Gasteiger partial charge in [-0.2, -0.15) is 13.2 Å². The minimum atomic E-state index is -4.72. The number of methoxy groups -OCH3 is 1. The second-order valence-corrected chi connectivity index (χ2v) is 7.24. The summed E-state index contributed by atoms with van der Waals surface area (Å²) in [6, 6.07) is 2.15. The molecule has 1 aromatic carbocycles. The third kappa shape index (κ3) is 4.04. The Morgan fingerprint density at radius 2 is 1.73 bits per heavy atom. The number of hydrogen-bond acceptors (Lipinski definition) is 4. The van der Waals surface area contributed by atoms with Gasteiger partial charge in [0.15, 0.2) is 0 Å². The predicted octanol–water partition coefficient (Wildman–Crippen LogP) is 4.12. The van der Waals surface area contributed by atoms with Gasteiger partial charge in [0.25, 0.3) is 0 Å². The van der Waals surface area contributed by atoms with Gasteiger partial charge in [-0.1, -0.05) is 0 Å². The summed E-state index contributed by atoms with van der Waals surface area (Å²) >= 11 is 0. The molecule has 0 N–H and O–H groups in total. The molecule has 1 unspecified atom stereocenters. The highest BCUT2D eigenvalue weighted by molar-refractivity contribution is 6.48. The van der Waals surface area contributed by atoms with E-state index in [2.05, 4.69) is 4.74 Å². The molecule has 0 aromatic heterocycles. The first-order valence-corrected chi connectivity index (χ1v) is 8.07. The van der Waals surface area contributed by atoms with Crippen molar-refractivity contribution >= 4 is 13.1 Å². The van der Waals surface area contributed by atoms with E-state index in [1.807, 2.05) is 0 Å². The van der Waals surface area contributed by atoms with Crippen LogP contribution in [0.5, 0.6) is 0 Å². The summed E-state index contributed by atoms with van der Waals surface area (Å²) in [7, 11) is -0.0399. The van der Waals surface area contributed by atoms with Crippen molar-refractivity contribution in [2.75, 3.05) is 7.11 Å². The lowest BCUT2D eigenvalue weighted by Crippen LogP contribution is -2.41. The van der Waals surface area contributed by atoms with Gasteiger partial charge in [0.1, 0.15) is 5.82 Å². The lowest BCUT2D eigenvalue weighted by molar-refractivity contribution is -0.142. The molecule has 0 bridgehead atoms. The van der Waals surface area contributed by atoms with Crippen LogP contribution in [-0.2, 0) is 25.0 Å². The Bertz CT molecular complexity index is 672. The molecule has 0 radical (unpaired) electrons. The molecule has 0 spiro atoms. The van der Waals surface area contributed by atoms with Crippen molar-refractivity contribution in [2.24, 2.45) is 0 Å². The van der Waals surface area contributed by atoms with Crippen molar-refractivity contribution in [3.8, 4) is 0 Å². The quantitative estimate of drug-likeness (QED) is 0.451. The molecule has 1 atom stereocenters. The Morgan fingerprint density at radius 1 is 1.19 bits per heavy atom. The first kappa shape index (κ1) is 20.7. The normalized spacial score (nSPS) is 20.1. The molecule has 1 aliphatic rings.